The summed E-state index contributed by atoms with van der Waals surface area (Å²) >= 11 is 0. The van der Waals surface area contributed by atoms with Crippen molar-refractivity contribution in [2.24, 2.45) is 5.73 Å². The molecule has 2 amide bonds. The number of hydrogen-bond donors (Lipinski definition) is 2. The summed E-state index contributed by atoms with van der Waals surface area (Å²) in [6.45, 7) is 0. The number of carbonyl (C=O) groups is 3. The second kappa shape index (κ2) is 11.2. The monoisotopic (exact) mass is 499 g/mol. The Hall–Kier alpha value is -4.99. The maximum absolute atomic E-state index is 13.3. The number of methoxy groups -OCH3 is 2. The van der Waals surface area contributed by atoms with E-state index in [1.807, 2.05) is 12.1 Å². The molecular weight excluding hydrogens is 474 g/mol. The molecule has 0 bridgehead atoms. The number of ether oxygens (including phenoxy) is 2. The molecule has 4 aromatic rings. The summed E-state index contributed by atoms with van der Waals surface area (Å²) in [6.07, 6.45) is 3.29. The number of carbonyl (C=O) groups excluding carboxylic acids is 3. The van der Waals surface area contributed by atoms with E-state index in [4.69, 9.17) is 15.2 Å². The molecule has 10 nitrogen and oxygen atoms in total. The topological polar surface area (TPSA) is 138 Å². The lowest BCUT2D eigenvalue weighted by atomic mass is 10.0. The highest BCUT2D eigenvalue weighted by Crippen LogP contribution is 2.32. The van der Waals surface area contributed by atoms with Crippen LogP contribution in [0, 0.1) is 0 Å². The second-order valence-corrected chi connectivity index (χ2v) is 8.03. The largest absolute Gasteiger partial charge is 0.497 e. The molecule has 10 heteroatoms. The molecule has 0 saturated carbocycles. The quantitative estimate of drug-likeness (QED) is 0.319. The van der Waals surface area contributed by atoms with E-state index in [2.05, 4.69) is 15.4 Å². The molecule has 0 saturated heterocycles. The molecule has 0 aliphatic heterocycles. The Labute approximate surface area is 213 Å². The molecule has 0 aliphatic carbocycles. The number of hydrogen-bond acceptors (Lipinski definition) is 7. The van der Waals surface area contributed by atoms with Gasteiger partial charge in [-0.1, -0.05) is 30.3 Å². The Bertz CT molecular complexity index is 1430. The van der Waals surface area contributed by atoms with Crippen LogP contribution in [0.25, 0.3) is 17.1 Å². The van der Waals surface area contributed by atoms with Gasteiger partial charge in [-0.15, -0.1) is 0 Å². The maximum Gasteiger partial charge on any atom is 0.287 e. The highest BCUT2D eigenvalue weighted by Gasteiger charge is 2.27. The summed E-state index contributed by atoms with van der Waals surface area (Å²) in [5, 5.41) is 7.22. The van der Waals surface area contributed by atoms with E-state index in [9.17, 15) is 14.4 Å². The summed E-state index contributed by atoms with van der Waals surface area (Å²) in [4.78, 5) is 41.8. The zero-order valence-corrected chi connectivity index (χ0v) is 20.3. The number of nitrogens with one attached hydrogen (secondary N) is 1. The summed E-state index contributed by atoms with van der Waals surface area (Å²) in [5.41, 5.74) is 7.47. The van der Waals surface area contributed by atoms with Crippen molar-refractivity contribution in [3.05, 3.63) is 90.3 Å². The maximum atomic E-state index is 13.3. The van der Waals surface area contributed by atoms with Crippen LogP contribution in [0.3, 0.4) is 0 Å². The highest BCUT2D eigenvalue weighted by atomic mass is 16.5. The number of Topliss-reactive ketones (excluding diaryl/α,β-unsaturated/α-hetero) is 1. The molecule has 3 N–H and O–H groups in total. The van der Waals surface area contributed by atoms with Gasteiger partial charge in [-0.05, 0) is 35.9 Å². The van der Waals surface area contributed by atoms with Crippen LogP contribution in [0.15, 0.2) is 79.1 Å². The van der Waals surface area contributed by atoms with Crippen LogP contribution in [0.1, 0.15) is 15.9 Å². The van der Waals surface area contributed by atoms with Crippen molar-refractivity contribution < 1.29 is 23.9 Å². The Kier molecular flexibility index (Phi) is 7.58. The molecule has 0 spiro atoms. The van der Waals surface area contributed by atoms with E-state index in [1.54, 1.807) is 75.0 Å². The minimum absolute atomic E-state index is 0.104. The van der Waals surface area contributed by atoms with Gasteiger partial charge in [0.2, 0.25) is 5.78 Å². The van der Waals surface area contributed by atoms with E-state index in [0.29, 0.717) is 17.2 Å². The normalized spacial score (nSPS) is 11.4. The molecule has 0 fully saturated rings. The second-order valence-electron chi connectivity index (χ2n) is 8.03. The summed E-state index contributed by atoms with van der Waals surface area (Å²) in [6, 6.07) is 18.1. The predicted octanol–water partition coefficient (Wildman–Crippen LogP) is 2.35. The molecule has 1 atom stereocenters. The van der Waals surface area contributed by atoms with Crippen molar-refractivity contribution in [1.29, 1.82) is 0 Å². The van der Waals surface area contributed by atoms with Gasteiger partial charge in [-0.2, -0.15) is 5.10 Å². The first-order valence-corrected chi connectivity index (χ1v) is 11.3. The molecule has 2 heterocycles. The number of nitrogens with two attached hydrogens (primary N) is 1. The number of pyridine rings is 1. The van der Waals surface area contributed by atoms with E-state index in [0.717, 1.165) is 11.1 Å². The number of primary amides is 1. The minimum atomic E-state index is -1.14. The molecule has 37 heavy (non-hydrogen) atoms. The number of benzene rings is 2. The number of aromatic nitrogens is 3. The first-order valence-electron chi connectivity index (χ1n) is 11.3. The fourth-order valence-corrected chi connectivity index (χ4v) is 3.82. The smallest absolute Gasteiger partial charge is 0.287 e. The van der Waals surface area contributed by atoms with E-state index < -0.39 is 23.6 Å². The van der Waals surface area contributed by atoms with Crippen molar-refractivity contribution in [2.45, 2.75) is 12.5 Å². The Morgan fingerprint density at radius 1 is 1.00 bits per heavy atom. The number of ketones is 1. The van der Waals surface area contributed by atoms with Gasteiger partial charge >= 0.3 is 0 Å². The zero-order chi connectivity index (χ0) is 26.4. The van der Waals surface area contributed by atoms with Gasteiger partial charge in [0.15, 0.2) is 5.82 Å². The van der Waals surface area contributed by atoms with Crippen LogP contribution in [-0.2, 0) is 16.0 Å². The molecule has 0 aliphatic rings. The first-order chi connectivity index (χ1) is 17.9. The lowest BCUT2D eigenvalue weighted by molar-refractivity contribution is -0.137. The number of nitrogens with zero attached hydrogens (tertiary/aromatic N) is 3. The lowest BCUT2D eigenvalue weighted by Crippen LogP contribution is -2.47. The molecule has 1 unspecified atom stereocenters. The number of amides is 2. The van der Waals surface area contributed by atoms with Crippen molar-refractivity contribution in [3.63, 3.8) is 0 Å². The van der Waals surface area contributed by atoms with Gasteiger partial charge in [-0.3, -0.25) is 14.4 Å². The zero-order valence-electron chi connectivity index (χ0n) is 20.3. The highest BCUT2D eigenvalue weighted by molar-refractivity contribution is 6.38. The predicted molar refractivity (Wildman–Crippen MR) is 136 cm³/mol. The standard InChI is InChI=1S/C27H25N5O5/c1-36-18-10-11-19(23(16-18)37-2)21-12-14-32(31-21)26-20(9-6-13-29-26)27(35)30-22(24(33)25(28)34)15-17-7-4-3-5-8-17/h3-14,16,22H,15H2,1-2H3,(H2,28,34)(H,30,35). The van der Waals surface area contributed by atoms with Gasteiger partial charge in [0.05, 0.1) is 25.5 Å². The average molecular weight is 500 g/mol. The third-order valence-electron chi connectivity index (χ3n) is 5.67. The van der Waals surface area contributed by atoms with Crippen molar-refractivity contribution in [3.8, 4) is 28.6 Å². The van der Waals surface area contributed by atoms with Crippen molar-refractivity contribution in [1.82, 2.24) is 20.1 Å². The summed E-state index contributed by atoms with van der Waals surface area (Å²) in [5.74, 6) is -1.17. The van der Waals surface area contributed by atoms with Crippen molar-refractivity contribution >= 4 is 17.6 Å². The van der Waals surface area contributed by atoms with E-state index in [1.165, 1.54) is 10.9 Å². The van der Waals surface area contributed by atoms with E-state index >= 15 is 0 Å². The first kappa shape index (κ1) is 25.1. The Morgan fingerprint density at radius 3 is 2.49 bits per heavy atom. The fraction of sp³-hybridized carbons (Fsp3) is 0.148. The van der Waals surface area contributed by atoms with Gasteiger partial charge in [0.25, 0.3) is 11.8 Å². The molecule has 4 rings (SSSR count). The average Bonchev–Trinajstić information content (AvgIpc) is 3.42. The third-order valence-corrected chi connectivity index (χ3v) is 5.67. The van der Waals surface area contributed by atoms with Crippen LogP contribution >= 0.6 is 0 Å². The van der Waals surface area contributed by atoms with Crippen LogP contribution in [-0.4, -0.2) is 52.6 Å². The van der Waals surface area contributed by atoms with Gasteiger partial charge in [0, 0.05) is 30.4 Å². The fourth-order valence-electron chi connectivity index (χ4n) is 3.82. The van der Waals surface area contributed by atoms with Crippen molar-refractivity contribution in [2.75, 3.05) is 14.2 Å². The lowest BCUT2D eigenvalue weighted by Gasteiger charge is -2.17. The Morgan fingerprint density at radius 2 is 1.78 bits per heavy atom. The van der Waals surface area contributed by atoms with E-state index in [-0.39, 0.29) is 17.8 Å². The van der Waals surface area contributed by atoms with Gasteiger partial charge in [0.1, 0.15) is 17.5 Å². The number of rotatable bonds is 10. The van der Waals surface area contributed by atoms with Gasteiger partial charge in [-0.25, -0.2) is 9.67 Å². The van der Waals surface area contributed by atoms with Crippen LogP contribution in [0.2, 0.25) is 0 Å². The molecule has 2 aromatic carbocycles. The van der Waals surface area contributed by atoms with Gasteiger partial charge < -0.3 is 20.5 Å². The van der Waals surface area contributed by atoms with Crippen LogP contribution in [0.5, 0.6) is 11.5 Å². The molecule has 0 radical (unpaired) electrons. The minimum Gasteiger partial charge on any atom is -0.497 e. The third kappa shape index (κ3) is 5.64. The molecule has 2 aromatic heterocycles. The molecule has 188 valence electrons. The molecular formula is C27H25N5O5. The Balaban J connectivity index is 1.63. The summed E-state index contributed by atoms with van der Waals surface area (Å²) < 4.78 is 12.2. The van der Waals surface area contributed by atoms with Crippen LogP contribution in [0.4, 0.5) is 0 Å². The summed E-state index contributed by atoms with van der Waals surface area (Å²) in [7, 11) is 3.12. The SMILES string of the molecule is COc1ccc(-c2ccn(-c3ncccc3C(=O)NC(Cc3ccccc3)C(=O)C(N)=O)n2)c(OC)c1. The van der Waals surface area contributed by atoms with Crippen LogP contribution < -0.4 is 20.5 Å².